The highest BCUT2D eigenvalue weighted by Crippen LogP contribution is 2.57. The van der Waals surface area contributed by atoms with Gasteiger partial charge in [-0.3, -0.25) is 14.6 Å². The van der Waals surface area contributed by atoms with Crippen LogP contribution in [0.3, 0.4) is 0 Å². The van der Waals surface area contributed by atoms with Gasteiger partial charge in [-0.1, -0.05) is 23.4 Å². The van der Waals surface area contributed by atoms with E-state index in [1.54, 1.807) is 10.9 Å². The molecule has 6 rings (SSSR count). The van der Waals surface area contributed by atoms with E-state index in [2.05, 4.69) is 20.6 Å². The molecular formula is C28H31F2N5O4. The number of fused-ring (bicyclic) bond motifs is 3. The number of alkyl halides is 2. The van der Waals surface area contributed by atoms with Gasteiger partial charge in [-0.15, -0.1) is 5.10 Å². The van der Waals surface area contributed by atoms with Crippen LogP contribution in [0.1, 0.15) is 68.0 Å². The van der Waals surface area contributed by atoms with E-state index in [-0.39, 0.29) is 24.6 Å². The van der Waals surface area contributed by atoms with E-state index in [1.165, 1.54) is 12.1 Å². The third-order valence-corrected chi connectivity index (χ3v) is 8.21. The molecule has 11 heteroatoms. The molecular weight excluding hydrogens is 508 g/mol. The van der Waals surface area contributed by atoms with Crippen molar-refractivity contribution in [3.05, 3.63) is 71.3 Å². The van der Waals surface area contributed by atoms with Gasteiger partial charge in [-0.25, -0.2) is 13.5 Å². The number of hydrogen-bond donors (Lipinski definition) is 2. The SMILES string of the molecule is CC(F)(F)c1ccc(Cn2cc(COc3ccccc3CNC(=O)C34CCC(C(=O)O)(CC3)CC4)nn2)nc1. The molecule has 206 valence electrons. The van der Waals surface area contributed by atoms with Crippen molar-refractivity contribution in [2.45, 2.75) is 71.1 Å². The lowest BCUT2D eigenvalue weighted by Crippen LogP contribution is -2.52. The van der Waals surface area contributed by atoms with Crippen LogP contribution in [-0.2, 0) is 35.2 Å². The second kappa shape index (κ2) is 10.3. The summed E-state index contributed by atoms with van der Waals surface area (Å²) in [5.41, 5.74) is 0.682. The predicted octanol–water partition coefficient (Wildman–Crippen LogP) is 4.45. The number of amides is 1. The van der Waals surface area contributed by atoms with Gasteiger partial charge in [0, 0.05) is 36.2 Å². The Bertz CT molecular complexity index is 1330. The third-order valence-electron chi connectivity index (χ3n) is 8.21. The Hall–Kier alpha value is -3.89. The van der Waals surface area contributed by atoms with Crippen LogP contribution in [0, 0.1) is 10.8 Å². The van der Waals surface area contributed by atoms with Gasteiger partial charge < -0.3 is 15.2 Å². The number of nitrogens with zero attached hydrogens (tertiary/aromatic N) is 4. The van der Waals surface area contributed by atoms with E-state index in [9.17, 15) is 23.5 Å². The number of aromatic nitrogens is 4. The number of carbonyl (C=O) groups excluding carboxylic acids is 1. The lowest BCUT2D eigenvalue weighted by Gasteiger charge is -2.50. The maximum Gasteiger partial charge on any atom is 0.309 e. The molecule has 2 N–H and O–H groups in total. The van der Waals surface area contributed by atoms with Gasteiger partial charge in [-0.2, -0.15) is 0 Å². The number of aliphatic carboxylic acids is 1. The minimum absolute atomic E-state index is 0.0248. The summed E-state index contributed by atoms with van der Waals surface area (Å²) in [7, 11) is 0. The summed E-state index contributed by atoms with van der Waals surface area (Å²) < 4.78 is 34.3. The molecule has 2 bridgehead atoms. The molecule has 3 aromatic rings. The van der Waals surface area contributed by atoms with Crippen LogP contribution in [0.25, 0.3) is 0 Å². The number of benzene rings is 1. The van der Waals surface area contributed by atoms with Crippen LogP contribution in [0.15, 0.2) is 48.8 Å². The molecule has 39 heavy (non-hydrogen) atoms. The highest BCUT2D eigenvalue weighted by molar-refractivity contribution is 5.84. The summed E-state index contributed by atoms with van der Waals surface area (Å²) in [6.07, 6.45) is 6.32. The molecule has 3 saturated carbocycles. The van der Waals surface area contributed by atoms with Crippen molar-refractivity contribution in [1.82, 2.24) is 25.3 Å². The third kappa shape index (κ3) is 5.62. The topological polar surface area (TPSA) is 119 Å². The fourth-order valence-corrected chi connectivity index (χ4v) is 5.58. The Morgan fingerprint density at radius 1 is 1.05 bits per heavy atom. The minimum atomic E-state index is -2.94. The van der Waals surface area contributed by atoms with Crippen LogP contribution in [-0.4, -0.2) is 37.0 Å². The first-order valence-corrected chi connectivity index (χ1v) is 13.0. The second-order valence-electron chi connectivity index (χ2n) is 10.8. The van der Waals surface area contributed by atoms with Gasteiger partial charge >= 0.3 is 5.97 Å². The lowest BCUT2D eigenvalue weighted by atomic mass is 9.53. The zero-order chi connectivity index (χ0) is 27.7. The van der Waals surface area contributed by atoms with Crippen LogP contribution < -0.4 is 10.1 Å². The summed E-state index contributed by atoms with van der Waals surface area (Å²) in [4.78, 5) is 29.0. The van der Waals surface area contributed by atoms with Crippen molar-refractivity contribution in [1.29, 1.82) is 0 Å². The molecule has 0 atom stereocenters. The zero-order valence-electron chi connectivity index (χ0n) is 21.7. The molecule has 3 aliphatic rings. The molecule has 2 heterocycles. The van der Waals surface area contributed by atoms with Crippen molar-refractivity contribution < 1.29 is 28.2 Å². The van der Waals surface area contributed by atoms with Crippen molar-refractivity contribution in [3.8, 4) is 5.75 Å². The first kappa shape index (κ1) is 26.7. The van der Waals surface area contributed by atoms with Crippen LogP contribution >= 0.6 is 0 Å². The summed E-state index contributed by atoms with van der Waals surface area (Å²) >= 11 is 0. The summed E-state index contributed by atoms with van der Waals surface area (Å²) in [6.45, 7) is 1.56. The first-order valence-electron chi connectivity index (χ1n) is 13.0. The number of rotatable bonds is 10. The molecule has 3 aliphatic carbocycles. The normalized spacial score (nSPS) is 22.4. The number of carboxylic acid groups (broad SMARTS) is 1. The maximum atomic E-state index is 13.4. The minimum Gasteiger partial charge on any atom is -0.487 e. The number of pyridine rings is 1. The summed E-state index contributed by atoms with van der Waals surface area (Å²) in [6, 6.07) is 10.3. The fraction of sp³-hybridized carbons (Fsp3) is 0.464. The van der Waals surface area contributed by atoms with Gasteiger partial charge in [-0.05, 0) is 56.7 Å². The molecule has 0 unspecified atom stereocenters. The van der Waals surface area contributed by atoms with Crippen LogP contribution in [0.2, 0.25) is 0 Å². The quantitative estimate of drug-likeness (QED) is 0.391. The first-order chi connectivity index (χ1) is 18.6. The van der Waals surface area contributed by atoms with Crippen molar-refractivity contribution in [3.63, 3.8) is 0 Å². The number of hydrogen-bond acceptors (Lipinski definition) is 6. The van der Waals surface area contributed by atoms with E-state index < -0.39 is 22.7 Å². The highest BCUT2D eigenvalue weighted by atomic mass is 19.3. The highest BCUT2D eigenvalue weighted by Gasteiger charge is 2.55. The van der Waals surface area contributed by atoms with Crippen molar-refractivity contribution >= 4 is 11.9 Å². The van der Waals surface area contributed by atoms with Gasteiger partial charge in [0.1, 0.15) is 18.1 Å². The number of halogens is 2. The zero-order valence-corrected chi connectivity index (χ0v) is 21.7. The summed E-state index contributed by atoms with van der Waals surface area (Å²) in [5, 5.41) is 20.9. The number of carboxylic acids is 1. The Kier molecular flexibility index (Phi) is 7.09. The van der Waals surface area contributed by atoms with E-state index >= 15 is 0 Å². The van der Waals surface area contributed by atoms with Crippen LogP contribution in [0.5, 0.6) is 5.75 Å². The Morgan fingerprint density at radius 2 is 1.74 bits per heavy atom. The maximum absolute atomic E-state index is 13.4. The largest absolute Gasteiger partial charge is 0.487 e. The molecule has 3 fully saturated rings. The van der Waals surface area contributed by atoms with E-state index in [0.717, 1.165) is 18.7 Å². The Labute approximate surface area is 224 Å². The van der Waals surface area contributed by atoms with Crippen LogP contribution in [0.4, 0.5) is 8.78 Å². The van der Waals surface area contributed by atoms with Crippen molar-refractivity contribution in [2.24, 2.45) is 10.8 Å². The monoisotopic (exact) mass is 539 g/mol. The van der Waals surface area contributed by atoms with E-state index in [0.29, 0.717) is 62.2 Å². The van der Waals surface area contributed by atoms with Gasteiger partial charge in [0.05, 0.1) is 23.9 Å². The number of carbonyl (C=O) groups is 2. The molecule has 9 nitrogen and oxygen atoms in total. The molecule has 2 aromatic heterocycles. The Morgan fingerprint density at radius 3 is 2.38 bits per heavy atom. The molecule has 0 radical (unpaired) electrons. The smallest absolute Gasteiger partial charge is 0.309 e. The fourth-order valence-electron chi connectivity index (χ4n) is 5.58. The average molecular weight is 540 g/mol. The van der Waals surface area contributed by atoms with Gasteiger partial charge in [0.25, 0.3) is 5.92 Å². The molecule has 0 spiro atoms. The predicted molar refractivity (Wildman–Crippen MR) is 136 cm³/mol. The van der Waals surface area contributed by atoms with Crippen molar-refractivity contribution in [2.75, 3.05) is 0 Å². The number of para-hydroxylation sites is 1. The number of ether oxygens (including phenoxy) is 1. The Balaban J connectivity index is 1.15. The molecule has 0 aliphatic heterocycles. The van der Waals surface area contributed by atoms with Gasteiger partial charge in [0.2, 0.25) is 5.91 Å². The van der Waals surface area contributed by atoms with Gasteiger partial charge in [0.15, 0.2) is 0 Å². The lowest BCUT2D eigenvalue weighted by molar-refractivity contribution is -0.163. The summed E-state index contributed by atoms with van der Waals surface area (Å²) in [5.74, 6) is -3.09. The molecule has 0 saturated heterocycles. The second-order valence-corrected chi connectivity index (χ2v) is 10.8. The van der Waals surface area contributed by atoms with E-state index in [1.807, 2.05) is 24.3 Å². The molecule has 1 amide bonds. The number of nitrogens with one attached hydrogen (secondary N) is 1. The molecule has 1 aromatic carbocycles. The standard InChI is InChI=1S/C28H31F2N5O4/c1-26(29,30)20-6-7-21(31-15-20)16-35-17-22(33-34-35)18-39-23-5-3-2-4-19(23)14-32-24(36)27-8-11-28(12-9-27,13-10-27)25(37)38/h2-7,15,17H,8-14,16,18H2,1H3,(H,32,36)(H,37,38). The average Bonchev–Trinajstić information content (AvgIpc) is 3.38. The van der Waals surface area contributed by atoms with E-state index in [4.69, 9.17) is 4.74 Å².